The van der Waals surface area contributed by atoms with E-state index in [1.54, 1.807) is 12.1 Å². The number of esters is 1. The Bertz CT molecular complexity index is 1330. The number of thiazole rings is 1. The Labute approximate surface area is 198 Å². The van der Waals surface area contributed by atoms with Crippen LogP contribution in [0.15, 0.2) is 64.4 Å². The van der Waals surface area contributed by atoms with Gasteiger partial charge in [0.05, 0.1) is 16.3 Å². The molecular weight excluding hydrogens is 464 g/mol. The van der Waals surface area contributed by atoms with Crippen LogP contribution in [-0.2, 0) is 9.53 Å². The summed E-state index contributed by atoms with van der Waals surface area (Å²) in [6.07, 6.45) is 0.583. The SMILES string of the molecule is Cc1ccc(-c2csc(NC(=O)COC(=O)c3cc(-c4ccc(C=O)o4)ccc3Cl)n2)cc1. The molecule has 0 aliphatic rings. The fraction of sp³-hybridized carbons (Fsp3) is 0.0833. The van der Waals surface area contributed by atoms with Gasteiger partial charge in [-0.1, -0.05) is 41.4 Å². The molecule has 2 aromatic carbocycles. The number of aromatic nitrogens is 1. The van der Waals surface area contributed by atoms with Gasteiger partial charge in [0, 0.05) is 16.5 Å². The Balaban J connectivity index is 1.38. The van der Waals surface area contributed by atoms with Crippen molar-refractivity contribution in [3.63, 3.8) is 0 Å². The number of benzene rings is 2. The summed E-state index contributed by atoms with van der Waals surface area (Å²) < 4.78 is 10.5. The number of carbonyl (C=O) groups excluding carboxylic acids is 3. The Morgan fingerprint density at radius 2 is 1.88 bits per heavy atom. The minimum Gasteiger partial charge on any atom is -0.453 e. The van der Waals surface area contributed by atoms with Crippen LogP contribution in [0.5, 0.6) is 0 Å². The first kappa shape index (κ1) is 22.4. The van der Waals surface area contributed by atoms with Crippen molar-refractivity contribution in [1.29, 1.82) is 0 Å². The summed E-state index contributed by atoms with van der Waals surface area (Å²) in [6, 6.07) is 15.6. The molecule has 0 aliphatic heterocycles. The van der Waals surface area contributed by atoms with Gasteiger partial charge in [0.1, 0.15) is 5.76 Å². The van der Waals surface area contributed by atoms with Crippen LogP contribution in [0.2, 0.25) is 5.02 Å². The van der Waals surface area contributed by atoms with Gasteiger partial charge >= 0.3 is 5.97 Å². The van der Waals surface area contributed by atoms with E-state index in [1.807, 2.05) is 36.6 Å². The van der Waals surface area contributed by atoms with E-state index in [2.05, 4.69) is 10.3 Å². The third kappa shape index (κ3) is 5.36. The van der Waals surface area contributed by atoms with Gasteiger partial charge in [0.25, 0.3) is 5.91 Å². The third-order valence-corrected chi connectivity index (χ3v) is 5.73. The molecule has 0 saturated heterocycles. The number of carbonyl (C=O) groups is 3. The maximum Gasteiger partial charge on any atom is 0.340 e. The Morgan fingerprint density at radius 3 is 2.61 bits per heavy atom. The van der Waals surface area contributed by atoms with Crippen molar-refractivity contribution in [3.05, 3.63) is 81.9 Å². The van der Waals surface area contributed by atoms with E-state index in [0.717, 1.165) is 16.8 Å². The predicted octanol–water partition coefficient (Wildman–Crippen LogP) is 5.64. The Hall–Kier alpha value is -3.75. The van der Waals surface area contributed by atoms with Crippen molar-refractivity contribution in [1.82, 2.24) is 4.98 Å². The van der Waals surface area contributed by atoms with Crippen LogP contribution in [0.1, 0.15) is 26.5 Å². The van der Waals surface area contributed by atoms with Crippen molar-refractivity contribution in [2.45, 2.75) is 6.92 Å². The zero-order chi connectivity index (χ0) is 23.4. The third-order valence-electron chi connectivity index (χ3n) is 4.65. The van der Waals surface area contributed by atoms with Gasteiger partial charge in [0.15, 0.2) is 23.8 Å². The van der Waals surface area contributed by atoms with Gasteiger partial charge < -0.3 is 9.15 Å². The van der Waals surface area contributed by atoms with Crippen LogP contribution in [0.4, 0.5) is 5.13 Å². The molecule has 0 atom stereocenters. The maximum atomic E-state index is 12.5. The smallest absolute Gasteiger partial charge is 0.340 e. The average molecular weight is 481 g/mol. The minimum atomic E-state index is -0.765. The van der Waals surface area contributed by atoms with E-state index in [9.17, 15) is 14.4 Å². The zero-order valence-electron chi connectivity index (χ0n) is 17.3. The number of hydrogen-bond donors (Lipinski definition) is 1. The van der Waals surface area contributed by atoms with E-state index in [1.165, 1.54) is 29.5 Å². The number of rotatable bonds is 7. The number of amides is 1. The lowest BCUT2D eigenvalue weighted by Crippen LogP contribution is -2.21. The second kappa shape index (κ2) is 9.81. The van der Waals surface area contributed by atoms with E-state index < -0.39 is 18.5 Å². The quantitative estimate of drug-likeness (QED) is 0.271. The molecule has 4 aromatic rings. The molecule has 0 saturated carbocycles. The molecular formula is C24H17ClN2O5S. The molecule has 1 amide bonds. The molecule has 9 heteroatoms. The molecule has 0 radical (unpaired) electrons. The second-order valence-electron chi connectivity index (χ2n) is 7.04. The van der Waals surface area contributed by atoms with E-state index in [-0.39, 0.29) is 16.3 Å². The molecule has 2 aromatic heterocycles. The monoisotopic (exact) mass is 480 g/mol. The summed E-state index contributed by atoms with van der Waals surface area (Å²) in [5, 5.41) is 5.02. The summed E-state index contributed by atoms with van der Waals surface area (Å²) in [6.45, 7) is 1.50. The highest BCUT2D eigenvalue weighted by Crippen LogP contribution is 2.28. The van der Waals surface area contributed by atoms with Crippen LogP contribution in [0.3, 0.4) is 0 Å². The number of hydrogen-bond acceptors (Lipinski definition) is 7. The van der Waals surface area contributed by atoms with Gasteiger partial charge in [-0.05, 0) is 37.3 Å². The van der Waals surface area contributed by atoms with Gasteiger partial charge in [-0.15, -0.1) is 11.3 Å². The summed E-state index contributed by atoms with van der Waals surface area (Å²) in [5.41, 5.74) is 3.43. The van der Waals surface area contributed by atoms with Crippen LogP contribution in [0, 0.1) is 6.92 Å². The molecule has 33 heavy (non-hydrogen) atoms. The minimum absolute atomic E-state index is 0.0712. The first-order chi connectivity index (χ1) is 15.9. The van der Waals surface area contributed by atoms with Crippen molar-refractivity contribution in [2.24, 2.45) is 0 Å². The van der Waals surface area contributed by atoms with Crippen molar-refractivity contribution < 1.29 is 23.5 Å². The van der Waals surface area contributed by atoms with Crippen LogP contribution in [0.25, 0.3) is 22.6 Å². The lowest BCUT2D eigenvalue weighted by Gasteiger charge is -2.07. The lowest BCUT2D eigenvalue weighted by atomic mass is 10.1. The number of ether oxygens (including phenoxy) is 1. The van der Waals surface area contributed by atoms with Crippen LogP contribution >= 0.6 is 22.9 Å². The van der Waals surface area contributed by atoms with Gasteiger partial charge in [-0.2, -0.15) is 0 Å². The van der Waals surface area contributed by atoms with Crippen molar-refractivity contribution in [3.8, 4) is 22.6 Å². The molecule has 0 bridgehead atoms. The molecule has 166 valence electrons. The molecule has 0 spiro atoms. The first-order valence-corrected chi connectivity index (χ1v) is 11.0. The average Bonchev–Trinajstić information content (AvgIpc) is 3.48. The highest BCUT2D eigenvalue weighted by molar-refractivity contribution is 7.14. The van der Waals surface area contributed by atoms with Gasteiger partial charge in [0.2, 0.25) is 0 Å². The van der Waals surface area contributed by atoms with Crippen LogP contribution < -0.4 is 5.32 Å². The molecule has 2 heterocycles. The summed E-state index contributed by atoms with van der Waals surface area (Å²) >= 11 is 7.40. The standard InChI is InChI=1S/C24H17ClN2O5S/c1-14-2-4-15(5-3-14)20-13-33-24(26-20)27-22(29)12-31-23(30)18-10-16(6-8-19(18)25)21-9-7-17(11-28)32-21/h2-11,13H,12H2,1H3,(H,26,27,29). The molecule has 4 rings (SSSR count). The molecule has 0 unspecified atom stereocenters. The fourth-order valence-corrected chi connectivity index (χ4v) is 3.89. The Kier molecular flexibility index (Phi) is 6.67. The topological polar surface area (TPSA) is 98.5 Å². The predicted molar refractivity (Wildman–Crippen MR) is 126 cm³/mol. The lowest BCUT2D eigenvalue weighted by molar-refractivity contribution is -0.119. The molecule has 1 N–H and O–H groups in total. The van der Waals surface area contributed by atoms with Crippen LogP contribution in [-0.4, -0.2) is 29.8 Å². The number of aldehydes is 1. The molecule has 7 nitrogen and oxygen atoms in total. The fourth-order valence-electron chi connectivity index (χ4n) is 2.96. The largest absolute Gasteiger partial charge is 0.453 e. The maximum absolute atomic E-state index is 12.5. The number of furan rings is 1. The number of aryl methyl sites for hydroxylation is 1. The first-order valence-electron chi connectivity index (χ1n) is 9.77. The molecule has 0 fully saturated rings. The van der Waals surface area contributed by atoms with Gasteiger partial charge in [-0.3, -0.25) is 14.9 Å². The second-order valence-corrected chi connectivity index (χ2v) is 8.31. The highest BCUT2D eigenvalue weighted by Gasteiger charge is 2.17. The highest BCUT2D eigenvalue weighted by atomic mass is 35.5. The van der Waals surface area contributed by atoms with Gasteiger partial charge in [-0.25, -0.2) is 9.78 Å². The Morgan fingerprint density at radius 1 is 1.12 bits per heavy atom. The van der Waals surface area contributed by atoms with Crippen molar-refractivity contribution >= 4 is 46.2 Å². The van der Waals surface area contributed by atoms with E-state index in [4.69, 9.17) is 20.8 Å². The molecule has 0 aliphatic carbocycles. The number of anilines is 1. The summed E-state index contributed by atoms with van der Waals surface area (Å²) in [4.78, 5) is 40.0. The number of halogens is 1. The number of nitrogens with one attached hydrogen (secondary N) is 1. The summed E-state index contributed by atoms with van der Waals surface area (Å²) in [7, 11) is 0. The number of nitrogens with zero attached hydrogens (tertiary/aromatic N) is 1. The van der Waals surface area contributed by atoms with E-state index in [0.29, 0.717) is 22.7 Å². The normalized spacial score (nSPS) is 10.6. The van der Waals surface area contributed by atoms with E-state index >= 15 is 0 Å². The zero-order valence-corrected chi connectivity index (χ0v) is 18.9. The van der Waals surface area contributed by atoms with Crippen molar-refractivity contribution in [2.75, 3.05) is 11.9 Å². The summed E-state index contributed by atoms with van der Waals surface area (Å²) in [5.74, 6) is -0.733.